The standard InChI is InChI=1S/C24H26N2O4/c1-4-25(5-2)12-16-9-23(28-3)24(27)19-13-26-7-6-15-8-21-22(30-14-29-21)11-18(15)20(26)10-17(16)19/h8-11,13H,4-7,12,14H2,1-3H3/p+1. The van der Waals surface area contributed by atoms with E-state index in [1.165, 1.54) is 5.56 Å². The summed E-state index contributed by atoms with van der Waals surface area (Å²) in [6, 6.07) is 8.36. The number of rotatable bonds is 5. The molecule has 0 bridgehead atoms. The van der Waals surface area contributed by atoms with Crippen LogP contribution >= 0.6 is 0 Å². The zero-order valence-electron chi connectivity index (χ0n) is 17.7. The van der Waals surface area contributed by atoms with Gasteiger partial charge in [-0.2, -0.15) is 4.57 Å². The van der Waals surface area contributed by atoms with Crippen molar-refractivity contribution in [1.82, 2.24) is 4.90 Å². The average molecular weight is 407 g/mol. The molecule has 3 heterocycles. The van der Waals surface area contributed by atoms with Gasteiger partial charge < -0.3 is 19.3 Å². The van der Waals surface area contributed by atoms with E-state index in [1.54, 1.807) is 7.11 Å². The van der Waals surface area contributed by atoms with Gasteiger partial charge in [0.25, 0.3) is 0 Å². The van der Waals surface area contributed by atoms with Crippen LogP contribution in [0.3, 0.4) is 0 Å². The Morgan fingerprint density at radius 1 is 1.07 bits per heavy atom. The number of pyridine rings is 1. The van der Waals surface area contributed by atoms with Gasteiger partial charge in [-0.05, 0) is 42.4 Å². The third kappa shape index (κ3) is 2.94. The van der Waals surface area contributed by atoms with Crippen molar-refractivity contribution in [1.29, 1.82) is 0 Å². The number of nitrogens with zero attached hydrogens (tertiary/aromatic N) is 2. The zero-order valence-corrected chi connectivity index (χ0v) is 17.7. The molecular formula is C24H27N2O4+. The molecule has 0 aliphatic carbocycles. The van der Waals surface area contributed by atoms with Crippen molar-refractivity contribution in [3.05, 3.63) is 41.6 Å². The van der Waals surface area contributed by atoms with E-state index in [0.29, 0.717) is 5.75 Å². The van der Waals surface area contributed by atoms with Crippen molar-refractivity contribution >= 4 is 10.8 Å². The molecule has 2 aromatic carbocycles. The second kappa shape index (κ2) is 7.36. The Morgan fingerprint density at radius 3 is 2.57 bits per heavy atom. The Kier molecular flexibility index (Phi) is 4.66. The number of aromatic nitrogens is 1. The first-order chi connectivity index (χ1) is 14.6. The first kappa shape index (κ1) is 19.0. The highest BCUT2D eigenvalue weighted by molar-refractivity contribution is 5.94. The van der Waals surface area contributed by atoms with Crippen LogP contribution in [0.15, 0.2) is 30.5 Å². The molecule has 1 aromatic heterocycles. The number of aromatic hydroxyl groups is 1. The largest absolute Gasteiger partial charge is 0.504 e. The number of hydrogen-bond acceptors (Lipinski definition) is 5. The summed E-state index contributed by atoms with van der Waals surface area (Å²) in [5.74, 6) is 2.34. The predicted molar refractivity (Wildman–Crippen MR) is 114 cm³/mol. The predicted octanol–water partition coefficient (Wildman–Crippen LogP) is 3.64. The number of phenolic OH excluding ortho intramolecular Hbond substituents is 1. The number of aryl methyl sites for hydroxylation is 2. The average Bonchev–Trinajstić information content (AvgIpc) is 3.23. The minimum Gasteiger partial charge on any atom is -0.504 e. The highest BCUT2D eigenvalue weighted by Gasteiger charge is 2.29. The molecule has 6 heteroatoms. The molecule has 2 aliphatic rings. The summed E-state index contributed by atoms with van der Waals surface area (Å²) in [7, 11) is 1.60. The summed E-state index contributed by atoms with van der Waals surface area (Å²) in [6.45, 7) is 8.19. The topological polar surface area (TPSA) is 55.0 Å². The molecule has 0 unspecified atom stereocenters. The highest BCUT2D eigenvalue weighted by Crippen LogP contribution is 2.42. The second-order valence-electron chi connectivity index (χ2n) is 7.84. The molecular weight excluding hydrogens is 380 g/mol. The van der Waals surface area contributed by atoms with Crippen molar-refractivity contribution in [2.24, 2.45) is 0 Å². The molecule has 0 amide bonds. The van der Waals surface area contributed by atoms with E-state index in [9.17, 15) is 5.11 Å². The second-order valence-corrected chi connectivity index (χ2v) is 7.84. The fourth-order valence-corrected chi connectivity index (χ4v) is 4.55. The number of phenols is 1. The highest BCUT2D eigenvalue weighted by atomic mass is 16.7. The maximum Gasteiger partial charge on any atom is 0.231 e. The monoisotopic (exact) mass is 407 g/mol. The van der Waals surface area contributed by atoms with Crippen LogP contribution in [-0.4, -0.2) is 37.0 Å². The van der Waals surface area contributed by atoms with Gasteiger partial charge in [-0.25, -0.2) is 0 Å². The molecule has 6 nitrogen and oxygen atoms in total. The van der Waals surface area contributed by atoms with E-state index in [2.05, 4.69) is 47.7 Å². The van der Waals surface area contributed by atoms with E-state index < -0.39 is 0 Å². The van der Waals surface area contributed by atoms with Gasteiger partial charge in [0.15, 0.2) is 35.7 Å². The van der Waals surface area contributed by atoms with Crippen LogP contribution in [-0.2, 0) is 19.5 Å². The molecule has 0 atom stereocenters. The summed E-state index contributed by atoms with van der Waals surface area (Å²) >= 11 is 0. The molecule has 5 rings (SSSR count). The molecule has 156 valence electrons. The summed E-state index contributed by atoms with van der Waals surface area (Å²) in [5.41, 5.74) is 4.71. The molecule has 0 spiro atoms. The van der Waals surface area contributed by atoms with Gasteiger partial charge in [0.05, 0.1) is 18.1 Å². The smallest absolute Gasteiger partial charge is 0.231 e. The lowest BCUT2D eigenvalue weighted by Crippen LogP contribution is -2.40. The minimum atomic E-state index is 0.197. The van der Waals surface area contributed by atoms with Gasteiger partial charge in [0.2, 0.25) is 12.5 Å². The first-order valence-electron chi connectivity index (χ1n) is 10.5. The van der Waals surface area contributed by atoms with Crippen molar-refractivity contribution < 1.29 is 23.9 Å². The van der Waals surface area contributed by atoms with Crippen molar-refractivity contribution in [3.8, 4) is 34.3 Å². The maximum absolute atomic E-state index is 10.9. The van der Waals surface area contributed by atoms with E-state index in [4.69, 9.17) is 14.2 Å². The Labute approximate surface area is 176 Å². The third-order valence-electron chi connectivity index (χ3n) is 6.31. The Bertz CT molecular complexity index is 1140. The normalized spacial score (nSPS) is 14.1. The molecule has 30 heavy (non-hydrogen) atoms. The minimum absolute atomic E-state index is 0.197. The van der Waals surface area contributed by atoms with E-state index in [-0.39, 0.29) is 12.5 Å². The Morgan fingerprint density at radius 2 is 1.83 bits per heavy atom. The Hall–Kier alpha value is -2.99. The lowest BCUT2D eigenvalue weighted by molar-refractivity contribution is -0.686. The summed E-state index contributed by atoms with van der Waals surface area (Å²) in [6.07, 6.45) is 2.97. The lowest BCUT2D eigenvalue weighted by Gasteiger charge is -2.21. The van der Waals surface area contributed by atoms with Crippen LogP contribution in [0.25, 0.3) is 22.0 Å². The molecule has 3 aromatic rings. The van der Waals surface area contributed by atoms with Crippen LogP contribution < -0.4 is 18.8 Å². The molecule has 1 N–H and O–H groups in total. The maximum atomic E-state index is 10.9. The quantitative estimate of drug-likeness (QED) is 0.655. The zero-order chi connectivity index (χ0) is 20.8. The SMILES string of the molecule is CCN(CC)Cc1cc(OC)c(O)c2c[n+]3c(cc12)-c1cc2c(cc1CC3)OCO2. The molecule has 0 saturated carbocycles. The summed E-state index contributed by atoms with van der Waals surface area (Å²) in [5, 5.41) is 12.7. The fraction of sp³-hybridized carbons (Fsp3) is 0.375. The third-order valence-corrected chi connectivity index (χ3v) is 6.31. The number of methoxy groups -OCH3 is 1. The first-order valence-corrected chi connectivity index (χ1v) is 10.5. The lowest BCUT2D eigenvalue weighted by atomic mass is 9.94. The van der Waals surface area contributed by atoms with Crippen molar-refractivity contribution in [3.63, 3.8) is 0 Å². The van der Waals surface area contributed by atoms with Crippen LogP contribution in [0.1, 0.15) is 25.0 Å². The van der Waals surface area contributed by atoms with Gasteiger partial charge in [-0.15, -0.1) is 0 Å². The molecule has 0 fully saturated rings. The van der Waals surface area contributed by atoms with E-state index >= 15 is 0 Å². The van der Waals surface area contributed by atoms with Gasteiger partial charge >= 0.3 is 0 Å². The number of fused-ring (bicyclic) bond motifs is 5. The van der Waals surface area contributed by atoms with Gasteiger partial charge in [-0.3, -0.25) is 4.90 Å². The number of ether oxygens (including phenoxy) is 3. The molecule has 0 saturated heterocycles. The van der Waals surface area contributed by atoms with Crippen molar-refractivity contribution in [2.75, 3.05) is 27.0 Å². The number of benzene rings is 2. The summed E-state index contributed by atoms with van der Waals surface area (Å²) in [4.78, 5) is 2.36. The molecule has 0 radical (unpaired) electrons. The van der Waals surface area contributed by atoms with Crippen LogP contribution in [0.4, 0.5) is 0 Å². The van der Waals surface area contributed by atoms with Crippen molar-refractivity contribution in [2.45, 2.75) is 33.4 Å². The Balaban J connectivity index is 1.73. The fourth-order valence-electron chi connectivity index (χ4n) is 4.55. The van der Waals surface area contributed by atoms with Crippen LogP contribution in [0.5, 0.6) is 23.0 Å². The van der Waals surface area contributed by atoms with E-state index in [1.807, 2.05) is 6.07 Å². The van der Waals surface area contributed by atoms with Gasteiger partial charge in [-0.1, -0.05) is 13.8 Å². The molecule has 2 aliphatic heterocycles. The number of hydrogen-bond donors (Lipinski definition) is 1. The summed E-state index contributed by atoms with van der Waals surface area (Å²) < 4.78 is 18.9. The van der Waals surface area contributed by atoms with Gasteiger partial charge in [0, 0.05) is 24.4 Å². The van der Waals surface area contributed by atoms with Crippen LogP contribution in [0.2, 0.25) is 0 Å². The van der Waals surface area contributed by atoms with Gasteiger partial charge in [0.1, 0.15) is 0 Å². The van der Waals surface area contributed by atoms with Crippen LogP contribution in [0, 0.1) is 0 Å². The van der Waals surface area contributed by atoms with E-state index in [0.717, 1.165) is 71.7 Å².